The average molecular weight is 285 g/mol. The molecule has 1 N–H and O–H groups in total. The molecule has 110 valence electrons. The van der Waals surface area contributed by atoms with Gasteiger partial charge in [0.1, 0.15) is 0 Å². The van der Waals surface area contributed by atoms with E-state index in [4.69, 9.17) is 0 Å². The van der Waals surface area contributed by atoms with Gasteiger partial charge in [-0.3, -0.25) is 9.59 Å². The molecule has 0 atom stereocenters. The van der Waals surface area contributed by atoms with Crippen molar-refractivity contribution in [2.75, 3.05) is 31.5 Å². The molecule has 5 heteroatoms. The van der Waals surface area contributed by atoms with Crippen LogP contribution in [-0.2, 0) is 9.59 Å². The van der Waals surface area contributed by atoms with Gasteiger partial charge in [-0.05, 0) is 19.1 Å². The number of aryl methyl sites for hydroxylation is 1. The van der Waals surface area contributed by atoms with Gasteiger partial charge in [0.05, 0.1) is 5.57 Å². The maximum atomic E-state index is 12.1. The summed E-state index contributed by atoms with van der Waals surface area (Å²) < 4.78 is 0. The van der Waals surface area contributed by atoms with Gasteiger partial charge in [0, 0.05) is 50.6 Å². The molecule has 0 aliphatic carbocycles. The van der Waals surface area contributed by atoms with E-state index in [-0.39, 0.29) is 11.8 Å². The molecule has 3 rings (SSSR count). The van der Waals surface area contributed by atoms with Crippen molar-refractivity contribution in [2.24, 2.45) is 0 Å². The highest BCUT2D eigenvalue weighted by Gasteiger charge is 2.26. The Labute approximate surface area is 124 Å². The second-order valence-electron chi connectivity index (χ2n) is 5.59. The maximum absolute atomic E-state index is 12.1. The Morgan fingerprint density at radius 1 is 1.24 bits per heavy atom. The van der Waals surface area contributed by atoms with Crippen LogP contribution in [0.4, 0.5) is 5.69 Å². The van der Waals surface area contributed by atoms with E-state index in [1.807, 2.05) is 36.2 Å². The highest BCUT2D eigenvalue weighted by molar-refractivity contribution is 6.31. The largest absolute Gasteiger partial charge is 0.373 e. The first kappa shape index (κ1) is 13.7. The fraction of sp³-hybridized carbons (Fsp3) is 0.375. The number of hydrogen-bond donors (Lipinski definition) is 1. The summed E-state index contributed by atoms with van der Waals surface area (Å²) in [5.41, 5.74) is 3.69. The van der Waals surface area contributed by atoms with Gasteiger partial charge in [-0.2, -0.15) is 0 Å². The lowest BCUT2D eigenvalue weighted by molar-refractivity contribution is -0.130. The Morgan fingerprint density at radius 3 is 2.62 bits per heavy atom. The van der Waals surface area contributed by atoms with Crippen LogP contribution in [0.25, 0.3) is 5.57 Å². The summed E-state index contributed by atoms with van der Waals surface area (Å²) in [6.07, 6.45) is 1.93. The molecule has 2 aliphatic rings. The number of amides is 2. The number of hydrogen-bond acceptors (Lipinski definition) is 3. The fourth-order valence-corrected chi connectivity index (χ4v) is 2.78. The molecule has 1 saturated heterocycles. The molecule has 1 fully saturated rings. The summed E-state index contributed by atoms with van der Waals surface area (Å²) in [4.78, 5) is 27.4. The molecule has 5 nitrogen and oxygen atoms in total. The van der Waals surface area contributed by atoms with Crippen molar-refractivity contribution < 1.29 is 9.59 Å². The molecule has 2 amide bonds. The van der Waals surface area contributed by atoms with Crippen molar-refractivity contribution in [3.63, 3.8) is 0 Å². The van der Waals surface area contributed by atoms with Crippen LogP contribution in [0, 0.1) is 6.92 Å². The molecule has 1 aromatic carbocycles. The Bertz CT molecular complexity index is 628. The minimum atomic E-state index is -0.0513. The summed E-state index contributed by atoms with van der Waals surface area (Å²) in [7, 11) is 0. The van der Waals surface area contributed by atoms with Crippen molar-refractivity contribution in [1.82, 2.24) is 9.80 Å². The summed E-state index contributed by atoms with van der Waals surface area (Å²) in [5.74, 6) is 0.0616. The zero-order valence-electron chi connectivity index (χ0n) is 12.3. The Hall–Kier alpha value is -2.30. The number of nitrogens with one attached hydrogen (secondary N) is 1. The topological polar surface area (TPSA) is 52.7 Å². The first-order valence-electron chi connectivity index (χ1n) is 7.18. The molecule has 2 aliphatic heterocycles. The molecular weight excluding hydrogens is 266 g/mol. The molecule has 0 aromatic heterocycles. The number of rotatable bonds is 1. The zero-order valence-corrected chi connectivity index (χ0v) is 12.3. The van der Waals surface area contributed by atoms with Gasteiger partial charge in [0.15, 0.2) is 0 Å². The molecule has 2 heterocycles. The number of benzene rings is 1. The number of carbonyl (C=O) groups is 2. The standard InChI is InChI=1S/C16H19N3O2/c1-11-3-4-15-13(9-11)14(16(21)17-15)10-18-5-7-19(8-6-18)12(2)20/h3-4,9-10H,5-8H2,1-2H3,(H,17,21)/b14-10+. The van der Waals surface area contributed by atoms with E-state index in [1.54, 1.807) is 6.92 Å². The smallest absolute Gasteiger partial charge is 0.257 e. The number of nitrogens with zero attached hydrogens (tertiary/aromatic N) is 2. The highest BCUT2D eigenvalue weighted by Crippen LogP contribution is 2.32. The average Bonchev–Trinajstić information content (AvgIpc) is 2.76. The number of carbonyl (C=O) groups excluding carboxylic acids is 2. The lowest BCUT2D eigenvalue weighted by Gasteiger charge is -2.33. The minimum Gasteiger partial charge on any atom is -0.373 e. The van der Waals surface area contributed by atoms with E-state index in [0.717, 1.165) is 29.9 Å². The molecule has 0 bridgehead atoms. The van der Waals surface area contributed by atoms with Crippen molar-refractivity contribution in [3.05, 3.63) is 35.5 Å². The number of anilines is 1. The summed E-state index contributed by atoms with van der Waals surface area (Å²) in [6.45, 7) is 6.56. The summed E-state index contributed by atoms with van der Waals surface area (Å²) >= 11 is 0. The Kier molecular flexibility index (Phi) is 3.41. The number of fused-ring (bicyclic) bond motifs is 1. The van der Waals surface area contributed by atoms with Gasteiger partial charge in [-0.1, -0.05) is 11.6 Å². The molecule has 0 saturated carbocycles. The van der Waals surface area contributed by atoms with Crippen LogP contribution >= 0.6 is 0 Å². The van der Waals surface area contributed by atoms with Crippen LogP contribution < -0.4 is 5.32 Å². The van der Waals surface area contributed by atoms with Crippen LogP contribution in [-0.4, -0.2) is 47.8 Å². The zero-order chi connectivity index (χ0) is 15.0. The Balaban J connectivity index is 1.80. The predicted octanol–water partition coefficient (Wildman–Crippen LogP) is 1.45. The molecule has 1 aromatic rings. The molecule has 0 radical (unpaired) electrons. The minimum absolute atomic E-state index is 0.0513. The van der Waals surface area contributed by atoms with Crippen LogP contribution in [0.15, 0.2) is 24.4 Å². The fourth-order valence-electron chi connectivity index (χ4n) is 2.78. The van der Waals surface area contributed by atoms with E-state index in [1.165, 1.54) is 0 Å². The SMILES string of the molecule is CC(=O)N1CCN(/C=C2/C(=O)Nc3ccc(C)cc32)CC1. The third-order valence-corrected chi connectivity index (χ3v) is 4.03. The van der Waals surface area contributed by atoms with Crippen molar-refractivity contribution in [1.29, 1.82) is 0 Å². The van der Waals surface area contributed by atoms with E-state index >= 15 is 0 Å². The van der Waals surface area contributed by atoms with Crippen LogP contribution in [0.5, 0.6) is 0 Å². The van der Waals surface area contributed by atoms with Crippen LogP contribution in [0.3, 0.4) is 0 Å². The van der Waals surface area contributed by atoms with Crippen molar-refractivity contribution >= 4 is 23.1 Å². The monoisotopic (exact) mass is 285 g/mol. The summed E-state index contributed by atoms with van der Waals surface area (Å²) in [6, 6.07) is 5.97. The molecule has 0 spiro atoms. The third-order valence-electron chi connectivity index (χ3n) is 4.03. The van der Waals surface area contributed by atoms with Gasteiger partial charge in [0.25, 0.3) is 5.91 Å². The van der Waals surface area contributed by atoms with Crippen molar-refractivity contribution in [3.8, 4) is 0 Å². The van der Waals surface area contributed by atoms with Gasteiger partial charge in [0.2, 0.25) is 5.91 Å². The first-order valence-corrected chi connectivity index (χ1v) is 7.18. The third kappa shape index (κ3) is 2.63. The first-order chi connectivity index (χ1) is 10.0. The Morgan fingerprint density at radius 2 is 1.95 bits per heavy atom. The van der Waals surface area contributed by atoms with Gasteiger partial charge >= 0.3 is 0 Å². The molecule has 21 heavy (non-hydrogen) atoms. The van der Waals surface area contributed by atoms with Crippen LogP contribution in [0.1, 0.15) is 18.1 Å². The lowest BCUT2D eigenvalue weighted by Crippen LogP contribution is -2.46. The normalized spacial score (nSPS) is 19.7. The predicted molar refractivity (Wildman–Crippen MR) is 81.6 cm³/mol. The van der Waals surface area contributed by atoms with E-state index in [9.17, 15) is 9.59 Å². The second-order valence-corrected chi connectivity index (χ2v) is 5.59. The van der Waals surface area contributed by atoms with E-state index < -0.39 is 0 Å². The van der Waals surface area contributed by atoms with E-state index in [2.05, 4.69) is 10.2 Å². The molecule has 0 unspecified atom stereocenters. The second kappa shape index (κ2) is 5.24. The quantitative estimate of drug-likeness (QED) is 0.795. The van der Waals surface area contributed by atoms with Crippen LogP contribution in [0.2, 0.25) is 0 Å². The lowest BCUT2D eigenvalue weighted by atomic mass is 10.1. The van der Waals surface area contributed by atoms with Crippen molar-refractivity contribution in [2.45, 2.75) is 13.8 Å². The maximum Gasteiger partial charge on any atom is 0.257 e. The van der Waals surface area contributed by atoms with Gasteiger partial charge in [-0.15, -0.1) is 0 Å². The van der Waals surface area contributed by atoms with E-state index in [0.29, 0.717) is 18.7 Å². The molecular formula is C16H19N3O2. The number of piperazine rings is 1. The van der Waals surface area contributed by atoms with Gasteiger partial charge in [-0.25, -0.2) is 0 Å². The summed E-state index contributed by atoms with van der Waals surface area (Å²) in [5, 5.41) is 2.89. The van der Waals surface area contributed by atoms with Gasteiger partial charge < -0.3 is 15.1 Å². The highest BCUT2D eigenvalue weighted by atomic mass is 16.2.